The summed E-state index contributed by atoms with van der Waals surface area (Å²) in [4.78, 5) is 0. The number of rotatable bonds is 7. The third-order valence-electron chi connectivity index (χ3n) is 1.87. The van der Waals surface area contributed by atoms with Crippen LogP contribution in [0, 0.1) is 11.3 Å². The fourth-order valence-corrected chi connectivity index (χ4v) is 2.60. The lowest BCUT2D eigenvalue weighted by atomic mass is 10.0. The quantitative estimate of drug-likeness (QED) is 0.682. The third kappa shape index (κ3) is 8.85. The normalized spacial score (nSPS) is 12.4. The molecule has 0 amide bonds. The predicted octanol–water partition coefficient (Wildman–Crippen LogP) is 1.82. The van der Waals surface area contributed by atoms with Crippen LogP contribution in [0.3, 0.4) is 0 Å². The Balaban J connectivity index is 3.60. The second-order valence-corrected chi connectivity index (χ2v) is 6.09. The number of nitrogens with one attached hydrogen (secondary N) is 2. The predicted molar refractivity (Wildman–Crippen MR) is 68.1 cm³/mol. The first-order chi connectivity index (χ1) is 6.49. The van der Waals surface area contributed by atoms with Crippen molar-refractivity contribution >= 4 is 11.8 Å². The zero-order chi connectivity index (χ0) is 11.0. The minimum absolute atomic E-state index is 0.453. The van der Waals surface area contributed by atoms with Crippen molar-refractivity contribution in [2.45, 2.75) is 20.8 Å². The lowest BCUT2D eigenvalue weighted by molar-refractivity contribution is 0.477. The van der Waals surface area contributed by atoms with Gasteiger partial charge in [0.25, 0.3) is 0 Å². The van der Waals surface area contributed by atoms with Gasteiger partial charge in [-0.2, -0.15) is 11.8 Å². The van der Waals surface area contributed by atoms with Crippen LogP contribution < -0.4 is 10.6 Å². The van der Waals surface area contributed by atoms with Crippen LogP contribution in [0.2, 0.25) is 0 Å². The Morgan fingerprint density at radius 1 is 1.07 bits per heavy atom. The van der Waals surface area contributed by atoms with Crippen molar-refractivity contribution < 1.29 is 0 Å². The third-order valence-corrected chi connectivity index (χ3v) is 3.65. The summed E-state index contributed by atoms with van der Waals surface area (Å²) in [6.07, 6.45) is 0. The Morgan fingerprint density at radius 2 is 1.57 bits per heavy atom. The topological polar surface area (TPSA) is 24.1 Å². The van der Waals surface area contributed by atoms with Crippen LogP contribution in [-0.2, 0) is 0 Å². The first kappa shape index (κ1) is 14.3. The van der Waals surface area contributed by atoms with Crippen molar-refractivity contribution in [2.75, 3.05) is 38.7 Å². The summed E-state index contributed by atoms with van der Waals surface area (Å²) in [6, 6.07) is 0. The van der Waals surface area contributed by atoms with E-state index in [4.69, 9.17) is 0 Å². The minimum Gasteiger partial charge on any atom is -0.319 e. The van der Waals surface area contributed by atoms with E-state index in [0.29, 0.717) is 5.41 Å². The molecule has 14 heavy (non-hydrogen) atoms. The van der Waals surface area contributed by atoms with E-state index < -0.39 is 0 Å². The Kier molecular flexibility index (Phi) is 7.69. The highest BCUT2D eigenvalue weighted by atomic mass is 32.2. The van der Waals surface area contributed by atoms with Gasteiger partial charge in [-0.3, -0.25) is 0 Å². The lowest BCUT2D eigenvalue weighted by Crippen LogP contribution is -2.30. The van der Waals surface area contributed by atoms with E-state index in [0.717, 1.165) is 19.0 Å². The van der Waals surface area contributed by atoms with Gasteiger partial charge in [0, 0.05) is 0 Å². The maximum atomic E-state index is 3.25. The van der Waals surface area contributed by atoms with E-state index in [1.165, 1.54) is 11.5 Å². The van der Waals surface area contributed by atoms with Crippen LogP contribution in [0.1, 0.15) is 20.8 Å². The van der Waals surface area contributed by atoms with Gasteiger partial charge in [-0.05, 0) is 50.0 Å². The second kappa shape index (κ2) is 7.55. The van der Waals surface area contributed by atoms with E-state index in [1.54, 1.807) is 0 Å². The highest BCUT2D eigenvalue weighted by Gasteiger charge is 2.12. The molecule has 0 aromatic heterocycles. The highest BCUT2D eigenvalue weighted by molar-refractivity contribution is 7.99. The van der Waals surface area contributed by atoms with Gasteiger partial charge in [-0.1, -0.05) is 20.8 Å². The van der Waals surface area contributed by atoms with Crippen LogP contribution in [0.15, 0.2) is 0 Å². The Morgan fingerprint density at radius 3 is 1.93 bits per heavy atom. The molecule has 0 aliphatic heterocycles. The largest absolute Gasteiger partial charge is 0.319 e. The second-order valence-electron chi connectivity index (χ2n) is 5.06. The molecule has 0 aromatic rings. The molecule has 0 rings (SSSR count). The molecule has 86 valence electrons. The summed E-state index contributed by atoms with van der Waals surface area (Å²) in [5.41, 5.74) is 0.453. The summed E-state index contributed by atoms with van der Waals surface area (Å²) in [5.74, 6) is 3.24. The maximum absolute atomic E-state index is 3.25. The molecule has 0 spiro atoms. The van der Waals surface area contributed by atoms with Crippen molar-refractivity contribution in [2.24, 2.45) is 11.3 Å². The molecule has 0 unspecified atom stereocenters. The zero-order valence-corrected chi connectivity index (χ0v) is 11.1. The van der Waals surface area contributed by atoms with E-state index in [-0.39, 0.29) is 0 Å². The van der Waals surface area contributed by atoms with Crippen LogP contribution in [0.5, 0.6) is 0 Å². The molecule has 0 aliphatic rings. The molecule has 0 heterocycles. The summed E-state index contributed by atoms with van der Waals surface area (Å²) < 4.78 is 0. The van der Waals surface area contributed by atoms with Gasteiger partial charge in [0.05, 0.1) is 0 Å². The molecule has 0 saturated carbocycles. The van der Waals surface area contributed by atoms with E-state index in [1.807, 2.05) is 14.1 Å². The molecule has 0 saturated heterocycles. The van der Waals surface area contributed by atoms with Gasteiger partial charge >= 0.3 is 0 Å². The first-order valence-corrected chi connectivity index (χ1v) is 6.52. The average molecular weight is 218 g/mol. The number of thioether (sulfide) groups is 1. The summed E-state index contributed by atoms with van der Waals surface area (Å²) in [5, 5.41) is 6.49. The van der Waals surface area contributed by atoms with E-state index in [9.17, 15) is 0 Å². The molecular formula is C11H26N2S. The van der Waals surface area contributed by atoms with Crippen molar-refractivity contribution in [1.29, 1.82) is 0 Å². The minimum atomic E-state index is 0.453. The monoisotopic (exact) mass is 218 g/mol. The fourth-order valence-electron chi connectivity index (χ4n) is 1.30. The Bertz CT molecular complexity index is 126. The van der Waals surface area contributed by atoms with Crippen LogP contribution in [-0.4, -0.2) is 38.7 Å². The van der Waals surface area contributed by atoms with Crippen LogP contribution in [0.4, 0.5) is 0 Å². The van der Waals surface area contributed by atoms with Gasteiger partial charge in [0.2, 0.25) is 0 Å². The average Bonchev–Trinajstić information content (AvgIpc) is 2.02. The SMILES string of the molecule is CNCC(CNC)CSCC(C)(C)C. The maximum Gasteiger partial charge on any atom is -0.000346 e. The molecule has 0 bridgehead atoms. The van der Waals surface area contributed by atoms with Crippen molar-refractivity contribution in [3.8, 4) is 0 Å². The molecule has 3 heteroatoms. The van der Waals surface area contributed by atoms with Crippen molar-refractivity contribution in [1.82, 2.24) is 10.6 Å². The molecule has 0 aromatic carbocycles. The van der Waals surface area contributed by atoms with E-state index in [2.05, 4.69) is 43.2 Å². The number of hydrogen-bond acceptors (Lipinski definition) is 3. The van der Waals surface area contributed by atoms with Gasteiger partial charge in [-0.15, -0.1) is 0 Å². The molecule has 0 atom stereocenters. The standard InChI is InChI=1S/C11H26N2S/c1-11(2,3)9-14-8-10(6-12-4)7-13-5/h10,12-13H,6-9H2,1-5H3. The summed E-state index contributed by atoms with van der Waals surface area (Å²) in [6.45, 7) is 9.11. The van der Waals surface area contributed by atoms with Gasteiger partial charge < -0.3 is 10.6 Å². The molecule has 0 fully saturated rings. The Hall–Kier alpha value is 0.270. The van der Waals surface area contributed by atoms with Crippen LogP contribution >= 0.6 is 11.8 Å². The van der Waals surface area contributed by atoms with E-state index >= 15 is 0 Å². The lowest BCUT2D eigenvalue weighted by Gasteiger charge is -2.20. The number of hydrogen-bond donors (Lipinski definition) is 2. The smallest absolute Gasteiger partial charge is 0.000346 e. The zero-order valence-electron chi connectivity index (χ0n) is 10.3. The van der Waals surface area contributed by atoms with Gasteiger partial charge in [0.1, 0.15) is 0 Å². The van der Waals surface area contributed by atoms with Crippen LogP contribution in [0.25, 0.3) is 0 Å². The molecular weight excluding hydrogens is 192 g/mol. The highest BCUT2D eigenvalue weighted by Crippen LogP contribution is 2.21. The van der Waals surface area contributed by atoms with Gasteiger partial charge in [0.15, 0.2) is 0 Å². The summed E-state index contributed by atoms with van der Waals surface area (Å²) >= 11 is 2.07. The first-order valence-electron chi connectivity index (χ1n) is 5.36. The molecule has 0 radical (unpaired) electrons. The van der Waals surface area contributed by atoms with Crippen molar-refractivity contribution in [3.05, 3.63) is 0 Å². The van der Waals surface area contributed by atoms with Gasteiger partial charge in [-0.25, -0.2) is 0 Å². The Labute approximate surface area is 93.6 Å². The summed E-state index contributed by atoms with van der Waals surface area (Å²) in [7, 11) is 4.05. The molecule has 0 aliphatic carbocycles. The fraction of sp³-hybridized carbons (Fsp3) is 1.00. The van der Waals surface area contributed by atoms with Crippen molar-refractivity contribution in [3.63, 3.8) is 0 Å². The molecule has 2 N–H and O–H groups in total. The molecule has 2 nitrogen and oxygen atoms in total.